The van der Waals surface area contributed by atoms with Gasteiger partial charge in [0, 0.05) is 10.5 Å². The number of carbonyl (C=O) groups is 1. The van der Waals surface area contributed by atoms with Crippen molar-refractivity contribution in [1.82, 2.24) is 4.57 Å². The molecule has 3 heterocycles. The van der Waals surface area contributed by atoms with Crippen molar-refractivity contribution in [2.45, 2.75) is 19.9 Å². The van der Waals surface area contributed by atoms with Crippen LogP contribution < -0.4 is 24.4 Å². The second kappa shape index (κ2) is 9.93. The van der Waals surface area contributed by atoms with Crippen LogP contribution in [-0.4, -0.2) is 31.4 Å². The number of hydrogen-bond acceptors (Lipinski definition) is 8. The van der Waals surface area contributed by atoms with E-state index in [0.29, 0.717) is 47.0 Å². The Kier molecular flexibility index (Phi) is 7.15. The molecule has 0 amide bonds. The number of esters is 1. The summed E-state index contributed by atoms with van der Waals surface area (Å²) >= 11 is 8.07. The van der Waals surface area contributed by atoms with E-state index in [1.54, 1.807) is 44.2 Å². The summed E-state index contributed by atoms with van der Waals surface area (Å²) in [7, 11) is 3.06. The number of fused-ring (bicyclic) bond motifs is 1. The lowest BCUT2D eigenvalue weighted by Gasteiger charge is -2.26. The van der Waals surface area contributed by atoms with Gasteiger partial charge in [-0.3, -0.25) is 9.36 Å². The fourth-order valence-corrected chi connectivity index (χ4v) is 5.59. The van der Waals surface area contributed by atoms with E-state index in [0.717, 1.165) is 0 Å². The molecule has 0 N–H and O–H groups in total. The molecular formula is C23H20Br2N2O6S. The van der Waals surface area contributed by atoms with Crippen LogP contribution >= 0.6 is 43.2 Å². The fourth-order valence-electron chi connectivity index (χ4n) is 3.70. The maximum Gasteiger partial charge on any atom is 0.338 e. The minimum atomic E-state index is -0.796. The largest absolute Gasteiger partial charge is 0.493 e. The first-order chi connectivity index (χ1) is 16.3. The minimum Gasteiger partial charge on any atom is -0.493 e. The van der Waals surface area contributed by atoms with E-state index < -0.39 is 12.0 Å². The second-order valence-corrected chi connectivity index (χ2v) is 9.82. The minimum absolute atomic E-state index is 0.188. The molecule has 0 radical (unpaired) electrons. The predicted molar refractivity (Wildman–Crippen MR) is 134 cm³/mol. The SMILES string of the molecule is CCOC(=O)C1=C(C)N=c2s/c(=C\c3ccc(Br)o3)c(=O)n2C1c1cc(OC)c(OC)cc1Br. The summed E-state index contributed by atoms with van der Waals surface area (Å²) in [6, 6.07) is 6.18. The zero-order valence-electron chi connectivity index (χ0n) is 18.7. The third kappa shape index (κ3) is 4.39. The smallest absolute Gasteiger partial charge is 0.338 e. The number of carbonyl (C=O) groups excluding carboxylic acids is 1. The topological polar surface area (TPSA) is 92.3 Å². The molecule has 34 heavy (non-hydrogen) atoms. The Balaban J connectivity index is 2.02. The van der Waals surface area contributed by atoms with E-state index in [4.69, 9.17) is 18.6 Å². The summed E-state index contributed by atoms with van der Waals surface area (Å²) in [5, 5.41) is 0. The number of thiazole rings is 1. The number of allylic oxidation sites excluding steroid dienone is 1. The molecule has 3 aromatic rings. The van der Waals surface area contributed by atoms with Crippen LogP contribution in [0.4, 0.5) is 0 Å². The van der Waals surface area contributed by atoms with Gasteiger partial charge in [-0.2, -0.15) is 0 Å². The molecule has 0 fully saturated rings. The van der Waals surface area contributed by atoms with Crippen molar-refractivity contribution in [1.29, 1.82) is 0 Å². The fraction of sp³-hybridized carbons (Fsp3) is 0.261. The number of ether oxygens (including phenoxy) is 3. The Labute approximate surface area is 215 Å². The van der Waals surface area contributed by atoms with E-state index in [1.165, 1.54) is 30.1 Å². The van der Waals surface area contributed by atoms with Gasteiger partial charge in [-0.1, -0.05) is 27.3 Å². The van der Waals surface area contributed by atoms with Gasteiger partial charge < -0.3 is 18.6 Å². The zero-order chi connectivity index (χ0) is 24.6. The van der Waals surface area contributed by atoms with Crippen LogP contribution in [0.3, 0.4) is 0 Å². The molecule has 1 aliphatic heterocycles. The van der Waals surface area contributed by atoms with Crippen LogP contribution in [0.5, 0.6) is 11.5 Å². The van der Waals surface area contributed by atoms with E-state index in [1.807, 2.05) is 0 Å². The predicted octanol–water partition coefficient (Wildman–Crippen LogP) is 3.93. The molecule has 1 aliphatic rings. The summed E-state index contributed by atoms with van der Waals surface area (Å²) in [4.78, 5) is 31.7. The average Bonchev–Trinajstić information content (AvgIpc) is 3.35. The molecule has 0 bridgehead atoms. The zero-order valence-corrected chi connectivity index (χ0v) is 22.7. The molecule has 178 valence electrons. The van der Waals surface area contributed by atoms with E-state index in [9.17, 15) is 9.59 Å². The van der Waals surface area contributed by atoms with Crippen LogP contribution in [-0.2, 0) is 9.53 Å². The van der Waals surface area contributed by atoms with Gasteiger partial charge in [-0.25, -0.2) is 9.79 Å². The molecule has 11 heteroatoms. The molecule has 0 saturated heterocycles. The Hall–Kier alpha value is -2.63. The van der Waals surface area contributed by atoms with Crippen molar-refractivity contribution in [3.8, 4) is 11.5 Å². The van der Waals surface area contributed by atoms with Crippen molar-refractivity contribution in [3.05, 3.63) is 75.7 Å². The normalized spacial score (nSPS) is 15.7. The lowest BCUT2D eigenvalue weighted by Crippen LogP contribution is -2.40. The summed E-state index contributed by atoms with van der Waals surface area (Å²) in [5.74, 6) is 0.940. The van der Waals surface area contributed by atoms with Gasteiger partial charge in [0.1, 0.15) is 5.76 Å². The Morgan fingerprint density at radius 1 is 1.24 bits per heavy atom. The van der Waals surface area contributed by atoms with Crippen molar-refractivity contribution >= 4 is 55.2 Å². The van der Waals surface area contributed by atoms with Gasteiger partial charge in [0.05, 0.1) is 42.7 Å². The molecule has 2 aromatic heterocycles. The molecule has 0 spiro atoms. The Bertz CT molecular complexity index is 1480. The number of hydrogen-bond donors (Lipinski definition) is 0. The number of halogens is 2. The highest BCUT2D eigenvalue weighted by molar-refractivity contribution is 9.10. The molecule has 8 nitrogen and oxygen atoms in total. The monoisotopic (exact) mass is 610 g/mol. The molecule has 0 aliphatic carbocycles. The second-order valence-electron chi connectivity index (χ2n) is 7.17. The van der Waals surface area contributed by atoms with Crippen molar-refractivity contribution in [2.75, 3.05) is 20.8 Å². The van der Waals surface area contributed by atoms with Gasteiger partial charge in [-0.05, 0) is 59.6 Å². The van der Waals surface area contributed by atoms with Gasteiger partial charge >= 0.3 is 5.97 Å². The van der Waals surface area contributed by atoms with Gasteiger partial charge in [0.2, 0.25) is 0 Å². The maximum absolute atomic E-state index is 13.6. The van der Waals surface area contributed by atoms with E-state index >= 15 is 0 Å². The molecule has 4 rings (SSSR count). The van der Waals surface area contributed by atoms with Gasteiger partial charge in [0.25, 0.3) is 5.56 Å². The van der Waals surface area contributed by atoms with Crippen LogP contribution in [0.15, 0.2) is 58.9 Å². The van der Waals surface area contributed by atoms with Crippen LogP contribution in [0.2, 0.25) is 0 Å². The lowest BCUT2D eigenvalue weighted by atomic mass is 9.95. The Morgan fingerprint density at radius 3 is 2.56 bits per heavy atom. The van der Waals surface area contributed by atoms with E-state index in [2.05, 4.69) is 36.9 Å². The van der Waals surface area contributed by atoms with Crippen molar-refractivity contribution < 1.29 is 23.4 Å². The maximum atomic E-state index is 13.6. The number of benzene rings is 1. The van der Waals surface area contributed by atoms with Crippen LogP contribution in [0.1, 0.15) is 31.2 Å². The van der Waals surface area contributed by atoms with Crippen molar-refractivity contribution in [2.24, 2.45) is 4.99 Å². The first-order valence-corrected chi connectivity index (χ1v) is 12.6. The third-order valence-corrected chi connectivity index (χ3v) is 7.28. The highest BCUT2D eigenvalue weighted by Crippen LogP contribution is 2.40. The van der Waals surface area contributed by atoms with Crippen LogP contribution in [0, 0.1) is 0 Å². The number of aromatic nitrogens is 1. The summed E-state index contributed by atoms with van der Waals surface area (Å²) in [6.07, 6.45) is 1.65. The molecule has 1 aromatic carbocycles. The molecular weight excluding hydrogens is 592 g/mol. The molecule has 0 saturated carbocycles. The molecule has 1 atom stereocenters. The number of methoxy groups -OCH3 is 2. The molecule has 1 unspecified atom stereocenters. The van der Waals surface area contributed by atoms with Gasteiger partial charge in [-0.15, -0.1) is 0 Å². The van der Waals surface area contributed by atoms with Crippen molar-refractivity contribution in [3.63, 3.8) is 0 Å². The summed E-state index contributed by atoms with van der Waals surface area (Å²) in [6.45, 7) is 3.65. The number of nitrogens with zero attached hydrogens (tertiary/aromatic N) is 2. The Morgan fingerprint density at radius 2 is 1.94 bits per heavy atom. The van der Waals surface area contributed by atoms with Crippen LogP contribution in [0.25, 0.3) is 6.08 Å². The number of rotatable bonds is 6. The highest BCUT2D eigenvalue weighted by atomic mass is 79.9. The highest BCUT2D eigenvalue weighted by Gasteiger charge is 2.35. The standard InChI is InChI=1S/C23H20Br2N2O6S/c1-5-32-22(29)19-11(2)26-23-27(21(28)17(34-23)8-12-6-7-18(25)33-12)20(19)13-9-15(30-3)16(31-4)10-14(13)24/h6-10,20H,5H2,1-4H3/b17-8-. The first kappa shape index (κ1) is 24.5. The average molecular weight is 612 g/mol. The first-order valence-electron chi connectivity index (χ1n) is 10.2. The summed E-state index contributed by atoms with van der Waals surface area (Å²) in [5.41, 5.74) is 1.06. The lowest BCUT2D eigenvalue weighted by molar-refractivity contribution is -0.139. The third-order valence-electron chi connectivity index (χ3n) is 5.18. The van der Waals surface area contributed by atoms with E-state index in [-0.39, 0.29) is 17.7 Å². The summed E-state index contributed by atoms with van der Waals surface area (Å²) < 4.78 is 24.9. The number of furan rings is 1. The quantitative estimate of drug-likeness (QED) is 0.392. The van der Waals surface area contributed by atoms with Gasteiger partial charge in [0.15, 0.2) is 21.0 Å².